The van der Waals surface area contributed by atoms with Crippen LogP contribution in [0.4, 0.5) is 19.1 Å². The van der Waals surface area contributed by atoms with Crippen molar-refractivity contribution in [3.05, 3.63) is 18.0 Å². The van der Waals surface area contributed by atoms with Gasteiger partial charge in [0.25, 0.3) is 0 Å². The molecule has 1 aromatic heterocycles. The normalized spacial score (nSPS) is 21.1. The highest BCUT2D eigenvalue weighted by Gasteiger charge is 2.33. The fourth-order valence-corrected chi connectivity index (χ4v) is 2.57. The maximum atomic E-state index is 12.4. The van der Waals surface area contributed by atoms with Crippen molar-refractivity contribution in [1.82, 2.24) is 9.97 Å². The summed E-state index contributed by atoms with van der Waals surface area (Å²) in [7, 11) is 0. The Hall–Kier alpha value is -0.980. The summed E-state index contributed by atoms with van der Waals surface area (Å²) in [5, 5.41) is 2.91. The number of aromatic nitrogens is 2. The number of nitrogens with one attached hydrogen (secondary N) is 1. The van der Waals surface area contributed by atoms with Gasteiger partial charge >= 0.3 is 6.18 Å². The van der Waals surface area contributed by atoms with Crippen molar-refractivity contribution >= 4 is 17.7 Å². The number of thioether (sulfide) groups is 1. The van der Waals surface area contributed by atoms with Crippen LogP contribution in [0.1, 0.15) is 12.1 Å². The van der Waals surface area contributed by atoms with Crippen LogP contribution in [0, 0.1) is 0 Å². The Labute approximate surface area is 94.9 Å². The minimum absolute atomic E-state index is 0.0577. The smallest absolute Gasteiger partial charge is 0.351 e. The zero-order valence-electron chi connectivity index (χ0n) is 8.29. The highest BCUT2D eigenvalue weighted by atomic mass is 32.2. The van der Waals surface area contributed by atoms with Crippen LogP contribution in [-0.4, -0.2) is 27.5 Å². The highest BCUT2D eigenvalue weighted by Crippen LogP contribution is 2.28. The number of nitrogens with zero attached hydrogens (tertiary/aromatic N) is 2. The van der Waals surface area contributed by atoms with Crippen LogP contribution in [0.2, 0.25) is 0 Å². The van der Waals surface area contributed by atoms with Gasteiger partial charge in [0, 0.05) is 18.0 Å². The van der Waals surface area contributed by atoms with E-state index in [1.807, 2.05) is 0 Å². The van der Waals surface area contributed by atoms with E-state index in [0.717, 1.165) is 30.2 Å². The molecule has 1 aliphatic heterocycles. The molecule has 0 radical (unpaired) electrons. The van der Waals surface area contributed by atoms with E-state index in [1.54, 1.807) is 11.8 Å². The zero-order valence-corrected chi connectivity index (χ0v) is 9.11. The van der Waals surface area contributed by atoms with Crippen LogP contribution in [0.3, 0.4) is 0 Å². The van der Waals surface area contributed by atoms with Gasteiger partial charge in [-0.2, -0.15) is 24.9 Å². The molecule has 2 rings (SSSR count). The molecule has 1 N–H and O–H groups in total. The first-order valence-corrected chi connectivity index (χ1v) is 5.96. The molecule has 1 aliphatic rings. The van der Waals surface area contributed by atoms with E-state index in [-0.39, 0.29) is 12.0 Å². The van der Waals surface area contributed by atoms with Gasteiger partial charge in [-0.15, -0.1) is 0 Å². The molecule has 1 aromatic rings. The number of halogens is 3. The molecule has 0 spiro atoms. The Kier molecular flexibility index (Phi) is 3.22. The van der Waals surface area contributed by atoms with Crippen LogP contribution in [0.5, 0.6) is 0 Å². The molecule has 3 nitrogen and oxygen atoms in total. The predicted molar refractivity (Wildman–Crippen MR) is 56.4 cm³/mol. The molecule has 0 bridgehead atoms. The second kappa shape index (κ2) is 4.48. The monoisotopic (exact) mass is 249 g/mol. The third-order valence-corrected chi connectivity index (χ3v) is 3.37. The van der Waals surface area contributed by atoms with Crippen molar-refractivity contribution in [2.24, 2.45) is 0 Å². The zero-order chi connectivity index (χ0) is 11.6. The van der Waals surface area contributed by atoms with Gasteiger partial charge in [-0.25, -0.2) is 9.97 Å². The Morgan fingerprint density at radius 2 is 2.25 bits per heavy atom. The van der Waals surface area contributed by atoms with Crippen LogP contribution in [-0.2, 0) is 6.18 Å². The van der Waals surface area contributed by atoms with Crippen molar-refractivity contribution in [3.63, 3.8) is 0 Å². The standard InChI is InChI=1S/C9H10F3N3S/c10-9(11,12)7-1-3-13-8(15-7)14-6-2-4-16-5-6/h1,3,6H,2,4-5H2,(H,13,14,15). The Balaban J connectivity index is 2.09. The van der Waals surface area contributed by atoms with E-state index < -0.39 is 11.9 Å². The minimum Gasteiger partial charge on any atom is -0.351 e. The first-order chi connectivity index (χ1) is 7.55. The summed E-state index contributed by atoms with van der Waals surface area (Å²) >= 11 is 1.77. The molecular formula is C9H10F3N3S. The fourth-order valence-electron chi connectivity index (χ4n) is 1.42. The predicted octanol–water partition coefficient (Wildman–Crippen LogP) is 2.41. The summed E-state index contributed by atoms with van der Waals surface area (Å²) in [6.45, 7) is 0. The third-order valence-electron chi connectivity index (χ3n) is 2.21. The summed E-state index contributed by atoms with van der Waals surface area (Å²) in [6.07, 6.45) is -2.35. The van der Waals surface area contributed by atoms with E-state index in [2.05, 4.69) is 15.3 Å². The summed E-state index contributed by atoms with van der Waals surface area (Å²) in [5.41, 5.74) is -0.907. The summed E-state index contributed by atoms with van der Waals surface area (Å²) < 4.78 is 37.1. The summed E-state index contributed by atoms with van der Waals surface area (Å²) in [4.78, 5) is 7.24. The molecule has 2 heterocycles. The maximum Gasteiger partial charge on any atom is 0.433 e. The molecule has 0 aliphatic carbocycles. The minimum atomic E-state index is -4.41. The van der Waals surface area contributed by atoms with Gasteiger partial charge in [-0.3, -0.25) is 0 Å². The van der Waals surface area contributed by atoms with Crippen molar-refractivity contribution in [3.8, 4) is 0 Å². The Bertz CT molecular complexity index is 363. The molecule has 0 aromatic carbocycles. The molecule has 88 valence electrons. The largest absolute Gasteiger partial charge is 0.433 e. The van der Waals surface area contributed by atoms with Gasteiger partial charge in [0.15, 0.2) is 0 Å². The van der Waals surface area contributed by atoms with Crippen LogP contribution >= 0.6 is 11.8 Å². The van der Waals surface area contributed by atoms with Crippen molar-refractivity contribution in [2.75, 3.05) is 16.8 Å². The second-order valence-electron chi connectivity index (χ2n) is 3.47. The van der Waals surface area contributed by atoms with Gasteiger partial charge in [-0.05, 0) is 18.2 Å². The van der Waals surface area contributed by atoms with Crippen molar-refractivity contribution in [2.45, 2.75) is 18.6 Å². The van der Waals surface area contributed by atoms with Crippen LogP contribution in [0.25, 0.3) is 0 Å². The molecule has 1 unspecified atom stereocenters. The molecule has 1 atom stereocenters. The molecule has 1 saturated heterocycles. The van der Waals surface area contributed by atoms with Crippen molar-refractivity contribution < 1.29 is 13.2 Å². The first-order valence-electron chi connectivity index (χ1n) is 4.80. The molecule has 1 fully saturated rings. The van der Waals surface area contributed by atoms with Gasteiger partial charge in [-0.1, -0.05) is 0 Å². The molecule has 0 amide bonds. The number of hydrogen-bond donors (Lipinski definition) is 1. The maximum absolute atomic E-state index is 12.4. The van der Waals surface area contributed by atoms with Crippen molar-refractivity contribution in [1.29, 1.82) is 0 Å². The third kappa shape index (κ3) is 2.78. The van der Waals surface area contributed by atoms with E-state index in [1.165, 1.54) is 0 Å². The molecule has 0 saturated carbocycles. The van der Waals surface area contributed by atoms with Crippen LogP contribution < -0.4 is 5.32 Å². The topological polar surface area (TPSA) is 37.8 Å². The van der Waals surface area contributed by atoms with Crippen LogP contribution in [0.15, 0.2) is 12.3 Å². The van der Waals surface area contributed by atoms with Gasteiger partial charge < -0.3 is 5.32 Å². The summed E-state index contributed by atoms with van der Waals surface area (Å²) in [6, 6.07) is 1.04. The quantitative estimate of drug-likeness (QED) is 0.873. The van der Waals surface area contributed by atoms with Gasteiger partial charge in [0.1, 0.15) is 5.69 Å². The summed E-state index contributed by atoms with van der Waals surface area (Å²) in [5.74, 6) is 1.97. The lowest BCUT2D eigenvalue weighted by molar-refractivity contribution is -0.141. The lowest BCUT2D eigenvalue weighted by atomic mass is 10.3. The number of rotatable bonds is 2. The number of hydrogen-bond acceptors (Lipinski definition) is 4. The van der Waals surface area contributed by atoms with Gasteiger partial charge in [0.2, 0.25) is 5.95 Å². The lowest BCUT2D eigenvalue weighted by Gasteiger charge is -2.12. The molecular weight excluding hydrogens is 239 g/mol. The second-order valence-corrected chi connectivity index (χ2v) is 4.62. The average molecular weight is 249 g/mol. The van der Waals surface area contributed by atoms with E-state index in [0.29, 0.717) is 0 Å². The Morgan fingerprint density at radius 1 is 1.44 bits per heavy atom. The molecule has 16 heavy (non-hydrogen) atoms. The molecule has 7 heteroatoms. The van der Waals surface area contributed by atoms with E-state index in [9.17, 15) is 13.2 Å². The fraction of sp³-hybridized carbons (Fsp3) is 0.556. The van der Waals surface area contributed by atoms with E-state index >= 15 is 0 Å². The first kappa shape index (κ1) is 11.5. The average Bonchev–Trinajstić information content (AvgIpc) is 2.70. The Morgan fingerprint density at radius 3 is 2.88 bits per heavy atom. The van der Waals surface area contributed by atoms with Gasteiger partial charge in [0.05, 0.1) is 0 Å². The highest BCUT2D eigenvalue weighted by molar-refractivity contribution is 7.99. The number of alkyl halides is 3. The SMILES string of the molecule is FC(F)(F)c1ccnc(NC2CCSC2)n1. The number of anilines is 1. The lowest BCUT2D eigenvalue weighted by Crippen LogP contribution is -2.21. The van der Waals surface area contributed by atoms with E-state index in [4.69, 9.17) is 0 Å².